The van der Waals surface area contributed by atoms with Gasteiger partial charge in [0.25, 0.3) is 0 Å². The van der Waals surface area contributed by atoms with Crippen molar-refractivity contribution in [3.63, 3.8) is 0 Å². The lowest BCUT2D eigenvalue weighted by Gasteiger charge is -2.28. The molecule has 2 aromatic carbocycles. The van der Waals surface area contributed by atoms with Gasteiger partial charge in [0, 0.05) is 13.6 Å². The predicted octanol–water partition coefficient (Wildman–Crippen LogP) is 4.61. The molecule has 3 rings (SSSR count). The summed E-state index contributed by atoms with van der Waals surface area (Å²) in [6.07, 6.45) is 0. The van der Waals surface area contributed by atoms with Crippen molar-refractivity contribution in [2.75, 3.05) is 20.3 Å². The lowest BCUT2D eigenvalue weighted by atomic mass is 9.95. The van der Waals surface area contributed by atoms with Gasteiger partial charge in [-0.15, -0.1) is 0 Å². The zero-order chi connectivity index (χ0) is 20.3. The first kappa shape index (κ1) is 20.1. The quantitative estimate of drug-likeness (QED) is 0.821. The Morgan fingerprint density at radius 2 is 1.79 bits per heavy atom. The largest absolute Gasteiger partial charge is 0.486 e. The summed E-state index contributed by atoms with van der Waals surface area (Å²) in [7, 11) is 1.83. The second-order valence-electron chi connectivity index (χ2n) is 7.86. The molecule has 0 saturated carbocycles. The first-order valence-electron chi connectivity index (χ1n) is 9.82. The van der Waals surface area contributed by atoms with E-state index in [1.807, 2.05) is 25.2 Å². The van der Waals surface area contributed by atoms with Crippen molar-refractivity contribution < 1.29 is 14.3 Å². The van der Waals surface area contributed by atoms with Gasteiger partial charge in [0.1, 0.15) is 13.2 Å². The van der Waals surface area contributed by atoms with Crippen molar-refractivity contribution in [2.45, 2.75) is 40.3 Å². The molecule has 0 spiro atoms. The third kappa shape index (κ3) is 4.58. The van der Waals surface area contributed by atoms with E-state index in [0.717, 1.165) is 22.6 Å². The molecule has 2 amide bonds. The van der Waals surface area contributed by atoms with Crippen molar-refractivity contribution in [3.8, 4) is 11.5 Å². The second-order valence-corrected chi connectivity index (χ2v) is 7.86. The molecule has 0 radical (unpaired) electrons. The van der Waals surface area contributed by atoms with Crippen molar-refractivity contribution in [1.82, 2.24) is 10.2 Å². The molecule has 0 bridgehead atoms. The number of nitrogens with zero attached hydrogens (tertiary/aromatic N) is 1. The number of aryl methyl sites for hydroxylation is 2. The third-order valence-corrected chi connectivity index (χ3v) is 5.12. The van der Waals surface area contributed by atoms with Crippen molar-refractivity contribution in [3.05, 3.63) is 58.7 Å². The summed E-state index contributed by atoms with van der Waals surface area (Å²) in [5.41, 5.74) is 4.61. The van der Waals surface area contributed by atoms with Gasteiger partial charge in [0.15, 0.2) is 11.5 Å². The van der Waals surface area contributed by atoms with Crippen LogP contribution in [-0.4, -0.2) is 31.2 Å². The maximum absolute atomic E-state index is 12.9. The van der Waals surface area contributed by atoms with Gasteiger partial charge in [-0.1, -0.05) is 43.7 Å². The third-order valence-electron chi connectivity index (χ3n) is 5.12. The molecule has 1 N–H and O–H groups in total. The Bertz CT molecular complexity index is 848. The van der Waals surface area contributed by atoms with E-state index >= 15 is 0 Å². The smallest absolute Gasteiger partial charge is 0.317 e. The van der Waals surface area contributed by atoms with Crippen LogP contribution in [0.4, 0.5) is 4.79 Å². The van der Waals surface area contributed by atoms with E-state index in [-0.39, 0.29) is 18.0 Å². The van der Waals surface area contributed by atoms with Gasteiger partial charge in [-0.25, -0.2) is 4.79 Å². The van der Waals surface area contributed by atoms with Gasteiger partial charge in [0.2, 0.25) is 0 Å². The molecule has 2 aromatic rings. The molecular weight excluding hydrogens is 352 g/mol. The number of carbonyl (C=O) groups is 1. The highest BCUT2D eigenvalue weighted by Gasteiger charge is 2.23. The van der Waals surface area contributed by atoms with E-state index < -0.39 is 0 Å². The Morgan fingerprint density at radius 3 is 2.46 bits per heavy atom. The number of rotatable bonds is 5. The summed E-state index contributed by atoms with van der Waals surface area (Å²) in [5.74, 6) is 1.74. The number of urea groups is 1. The summed E-state index contributed by atoms with van der Waals surface area (Å²) in [5, 5.41) is 3.18. The van der Waals surface area contributed by atoms with Gasteiger partial charge in [-0.2, -0.15) is 0 Å². The minimum atomic E-state index is -0.107. The maximum atomic E-state index is 12.9. The van der Waals surface area contributed by atoms with Crippen LogP contribution in [0.3, 0.4) is 0 Å². The van der Waals surface area contributed by atoms with Gasteiger partial charge in [-0.05, 0) is 48.6 Å². The Hall–Kier alpha value is -2.69. The van der Waals surface area contributed by atoms with Crippen LogP contribution < -0.4 is 14.8 Å². The van der Waals surface area contributed by atoms with Crippen molar-refractivity contribution in [1.29, 1.82) is 0 Å². The molecule has 5 nitrogen and oxygen atoms in total. The van der Waals surface area contributed by atoms with E-state index in [2.05, 4.69) is 51.2 Å². The number of fused-ring (bicyclic) bond motifs is 1. The number of hydrogen-bond donors (Lipinski definition) is 1. The summed E-state index contributed by atoms with van der Waals surface area (Å²) in [4.78, 5) is 14.6. The number of benzene rings is 2. The van der Waals surface area contributed by atoms with Crippen LogP contribution >= 0.6 is 0 Å². The highest BCUT2D eigenvalue weighted by Crippen LogP contribution is 2.34. The molecule has 1 aliphatic rings. The zero-order valence-electron chi connectivity index (χ0n) is 17.4. The van der Waals surface area contributed by atoms with Crippen LogP contribution in [0.2, 0.25) is 0 Å². The number of amides is 2. The second kappa shape index (κ2) is 8.55. The van der Waals surface area contributed by atoms with Crippen LogP contribution in [0.25, 0.3) is 0 Å². The molecule has 150 valence electrons. The summed E-state index contributed by atoms with van der Waals surface area (Å²) in [6, 6.07) is 12.0. The fourth-order valence-electron chi connectivity index (χ4n) is 3.48. The van der Waals surface area contributed by atoms with Crippen molar-refractivity contribution in [2.24, 2.45) is 5.92 Å². The number of hydrogen-bond acceptors (Lipinski definition) is 3. The molecular formula is C23H30N2O3. The van der Waals surface area contributed by atoms with Gasteiger partial charge in [-0.3, -0.25) is 0 Å². The molecule has 0 aromatic heterocycles. The average Bonchev–Trinajstić information content (AvgIpc) is 2.67. The highest BCUT2D eigenvalue weighted by molar-refractivity contribution is 5.74. The zero-order valence-corrected chi connectivity index (χ0v) is 17.4. The molecule has 0 fully saturated rings. The minimum Gasteiger partial charge on any atom is -0.486 e. The highest BCUT2D eigenvalue weighted by atomic mass is 16.6. The average molecular weight is 383 g/mol. The number of ether oxygens (including phenoxy) is 2. The first-order chi connectivity index (χ1) is 13.3. The normalized spacial score (nSPS) is 13.9. The minimum absolute atomic E-state index is 0.0893. The topological polar surface area (TPSA) is 50.8 Å². The Balaban J connectivity index is 1.72. The van der Waals surface area contributed by atoms with Crippen LogP contribution in [0, 0.1) is 19.8 Å². The fraction of sp³-hybridized carbons (Fsp3) is 0.435. The van der Waals surface area contributed by atoms with Crippen molar-refractivity contribution >= 4 is 6.03 Å². The lowest BCUT2D eigenvalue weighted by molar-refractivity contribution is 0.171. The summed E-state index contributed by atoms with van der Waals surface area (Å²) < 4.78 is 11.3. The Labute approximate surface area is 167 Å². The van der Waals surface area contributed by atoms with Crippen LogP contribution in [0.15, 0.2) is 36.4 Å². The van der Waals surface area contributed by atoms with Gasteiger partial charge >= 0.3 is 6.03 Å². The summed E-state index contributed by atoms with van der Waals surface area (Å²) >= 11 is 0. The van der Waals surface area contributed by atoms with E-state index in [9.17, 15) is 4.79 Å². The van der Waals surface area contributed by atoms with Crippen LogP contribution in [0.5, 0.6) is 11.5 Å². The Kier molecular flexibility index (Phi) is 6.12. The van der Waals surface area contributed by atoms with Gasteiger partial charge in [0.05, 0.1) is 6.04 Å². The molecule has 1 aliphatic heterocycles. The standard InChI is InChI=1S/C23H30N2O3/c1-15(2)22(18-8-9-20-21(13-18)28-11-10-27-20)24-23(26)25(5)14-19-7-6-16(3)12-17(19)4/h6-9,12-13,15,22H,10-11,14H2,1-5H3,(H,24,26)/t22-/m1/s1. The number of nitrogens with one attached hydrogen (secondary N) is 1. The molecule has 1 atom stereocenters. The SMILES string of the molecule is Cc1ccc(CN(C)C(=O)N[C@@H](c2ccc3c(c2)OCCO3)C(C)C)c(C)c1. The molecule has 1 heterocycles. The predicted molar refractivity (Wildman–Crippen MR) is 111 cm³/mol. The molecule has 0 aliphatic carbocycles. The fourth-order valence-corrected chi connectivity index (χ4v) is 3.48. The monoisotopic (exact) mass is 382 g/mol. The first-order valence-corrected chi connectivity index (χ1v) is 9.82. The van der Waals surface area contributed by atoms with E-state index in [1.165, 1.54) is 11.1 Å². The van der Waals surface area contributed by atoms with Crippen LogP contribution in [0.1, 0.15) is 42.1 Å². The van der Waals surface area contributed by atoms with E-state index in [1.54, 1.807) is 4.90 Å². The maximum Gasteiger partial charge on any atom is 0.317 e. The van der Waals surface area contributed by atoms with E-state index in [4.69, 9.17) is 9.47 Å². The molecule has 0 saturated heterocycles. The van der Waals surface area contributed by atoms with E-state index in [0.29, 0.717) is 19.8 Å². The number of carbonyl (C=O) groups excluding carboxylic acids is 1. The summed E-state index contributed by atoms with van der Waals surface area (Å²) in [6.45, 7) is 10.1. The molecule has 0 unspecified atom stereocenters. The molecule has 28 heavy (non-hydrogen) atoms. The molecule has 5 heteroatoms. The van der Waals surface area contributed by atoms with Crippen LogP contribution in [-0.2, 0) is 6.54 Å². The Morgan fingerprint density at radius 1 is 1.07 bits per heavy atom. The van der Waals surface area contributed by atoms with Gasteiger partial charge < -0.3 is 19.7 Å². The lowest BCUT2D eigenvalue weighted by Crippen LogP contribution is -2.40.